The smallest absolute Gasteiger partial charge is 0.225 e. The highest BCUT2D eigenvalue weighted by Crippen LogP contribution is 2.16. The number of para-hydroxylation sites is 1. The van der Waals surface area contributed by atoms with Gasteiger partial charge in [-0.05, 0) is 19.1 Å². The number of aromatic nitrogens is 4. The molecule has 0 saturated carbocycles. The van der Waals surface area contributed by atoms with E-state index in [4.69, 9.17) is 11.1 Å². The number of nitrogens with two attached hydrogens (primary N) is 1. The van der Waals surface area contributed by atoms with Crippen molar-refractivity contribution in [2.75, 3.05) is 11.1 Å². The molecule has 112 valence electrons. The summed E-state index contributed by atoms with van der Waals surface area (Å²) in [5, 5.41) is 11.1. The van der Waals surface area contributed by atoms with Crippen LogP contribution in [0.5, 0.6) is 0 Å². The maximum atomic E-state index is 7.75. The van der Waals surface area contributed by atoms with Crippen LogP contribution in [0.1, 0.15) is 11.4 Å². The standard InChI is InChI=1S/C15H17N7/c1-9-11(8-18-10-6-4-3-5-7-10)20-12-13(16)21-15(17)22(2)14(12)19-9/h3-7,18H,8H2,1-2H3,(H3,16,17,21). The zero-order valence-corrected chi connectivity index (χ0v) is 12.5. The normalized spacial score (nSPS) is 10.8. The fraction of sp³-hybridized carbons (Fsp3) is 0.200. The maximum absolute atomic E-state index is 7.75. The molecule has 4 N–H and O–H groups in total. The number of hydrogen-bond acceptors (Lipinski definition) is 6. The highest BCUT2D eigenvalue weighted by molar-refractivity contribution is 5.81. The van der Waals surface area contributed by atoms with Crippen molar-refractivity contribution in [3.05, 3.63) is 47.3 Å². The topological polar surface area (TPSA) is 106 Å². The summed E-state index contributed by atoms with van der Waals surface area (Å²) in [5.74, 6) is 0.228. The van der Waals surface area contributed by atoms with Gasteiger partial charge in [-0.25, -0.2) is 9.97 Å². The molecule has 0 aliphatic heterocycles. The van der Waals surface area contributed by atoms with E-state index >= 15 is 0 Å². The summed E-state index contributed by atoms with van der Waals surface area (Å²) < 4.78 is 1.57. The SMILES string of the molecule is Cc1nc2c(nc1CNc1ccccc1)c(N)nc(=N)n2C. The van der Waals surface area contributed by atoms with Gasteiger partial charge in [0.25, 0.3) is 0 Å². The van der Waals surface area contributed by atoms with Crippen LogP contribution in [-0.2, 0) is 13.6 Å². The van der Waals surface area contributed by atoms with Gasteiger partial charge in [0.1, 0.15) is 5.52 Å². The van der Waals surface area contributed by atoms with Crippen molar-refractivity contribution >= 4 is 22.7 Å². The van der Waals surface area contributed by atoms with Gasteiger partial charge in [-0.1, -0.05) is 18.2 Å². The third kappa shape index (κ3) is 2.48. The van der Waals surface area contributed by atoms with Crippen molar-refractivity contribution in [1.82, 2.24) is 19.5 Å². The molecule has 2 heterocycles. The van der Waals surface area contributed by atoms with Crippen molar-refractivity contribution < 1.29 is 0 Å². The van der Waals surface area contributed by atoms with E-state index in [0.29, 0.717) is 17.7 Å². The summed E-state index contributed by atoms with van der Waals surface area (Å²) in [6.45, 7) is 2.44. The first-order valence-electron chi connectivity index (χ1n) is 6.89. The van der Waals surface area contributed by atoms with Crippen LogP contribution in [0.2, 0.25) is 0 Å². The molecule has 1 aromatic carbocycles. The fourth-order valence-corrected chi connectivity index (χ4v) is 2.20. The van der Waals surface area contributed by atoms with E-state index < -0.39 is 0 Å². The predicted octanol–water partition coefficient (Wildman–Crippen LogP) is 1.35. The van der Waals surface area contributed by atoms with Crippen LogP contribution >= 0.6 is 0 Å². The van der Waals surface area contributed by atoms with Crippen molar-refractivity contribution in [1.29, 1.82) is 5.41 Å². The van der Waals surface area contributed by atoms with Gasteiger partial charge >= 0.3 is 0 Å². The molecule has 0 saturated heterocycles. The molecule has 3 aromatic rings. The lowest BCUT2D eigenvalue weighted by molar-refractivity contribution is 0.782. The van der Waals surface area contributed by atoms with Gasteiger partial charge in [0, 0.05) is 12.7 Å². The van der Waals surface area contributed by atoms with Gasteiger partial charge in [0.05, 0.1) is 17.9 Å². The van der Waals surface area contributed by atoms with E-state index in [1.54, 1.807) is 11.6 Å². The summed E-state index contributed by atoms with van der Waals surface area (Å²) in [5.41, 5.74) is 9.66. The monoisotopic (exact) mass is 295 g/mol. The molecule has 0 radical (unpaired) electrons. The van der Waals surface area contributed by atoms with Gasteiger partial charge in [-0.3, -0.25) is 9.98 Å². The second kappa shape index (κ2) is 5.44. The lowest BCUT2D eigenvalue weighted by Gasteiger charge is -2.11. The first-order chi connectivity index (χ1) is 10.6. The first-order valence-corrected chi connectivity index (χ1v) is 6.89. The van der Waals surface area contributed by atoms with E-state index in [9.17, 15) is 0 Å². The summed E-state index contributed by atoms with van der Waals surface area (Å²) in [6, 6.07) is 9.90. The van der Waals surface area contributed by atoms with Gasteiger partial charge in [0.15, 0.2) is 11.5 Å². The van der Waals surface area contributed by atoms with E-state index in [0.717, 1.165) is 17.1 Å². The Morgan fingerprint density at radius 3 is 2.64 bits per heavy atom. The minimum Gasteiger partial charge on any atom is -0.382 e. The van der Waals surface area contributed by atoms with Gasteiger partial charge in [-0.15, -0.1) is 0 Å². The summed E-state index contributed by atoms with van der Waals surface area (Å²) in [4.78, 5) is 13.1. The van der Waals surface area contributed by atoms with E-state index in [1.807, 2.05) is 37.3 Å². The summed E-state index contributed by atoms with van der Waals surface area (Å²) in [6.07, 6.45) is 0. The summed E-state index contributed by atoms with van der Waals surface area (Å²) >= 11 is 0. The Morgan fingerprint density at radius 1 is 1.18 bits per heavy atom. The zero-order chi connectivity index (χ0) is 15.7. The molecule has 0 spiro atoms. The quantitative estimate of drug-likeness (QED) is 0.676. The average molecular weight is 295 g/mol. The summed E-state index contributed by atoms with van der Waals surface area (Å²) in [7, 11) is 1.73. The number of aryl methyl sites for hydroxylation is 2. The third-order valence-corrected chi connectivity index (χ3v) is 3.49. The van der Waals surface area contributed by atoms with Crippen LogP contribution in [-0.4, -0.2) is 19.5 Å². The van der Waals surface area contributed by atoms with Crippen molar-refractivity contribution in [2.45, 2.75) is 13.5 Å². The number of fused-ring (bicyclic) bond motifs is 1. The maximum Gasteiger partial charge on any atom is 0.225 e. The van der Waals surface area contributed by atoms with Gasteiger partial charge < -0.3 is 11.1 Å². The highest BCUT2D eigenvalue weighted by atomic mass is 15.1. The highest BCUT2D eigenvalue weighted by Gasteiger charge is 2.11. The minimum absolute atomic E-state index is 0.0638. The molecular formula is C15H17N7. The number of nitrogens with one attached hydrogen (secondary N) is 2. The number of anilines is 2. The molecule has 2 aromatic heterocycles. The molecular weight excluding hydrogens is 278 g/mol. The third-order valence-electron chi connectivity index (χ3n) is 3.49. The van der Waals surface area contributed by atoms with Crippen molar-refractivity contribution in [3.63, 3.8) is 0 Å². The number of nitrogen functional groups attached to an aromatic ring is 1. The number of rotatable bonds is 3. The number of benzene rings is 1. The van der Waals surface area contributed by atoms with Crippen LogP contribution in [0.25, 0.3) is 11.2 Å². The van der Waals surface area contributed by atoms with Crippen LogP contribution in [0, 0.1) is 12.3 Å². The molecule has 0 aliphatic carbocycles. The largest absolute Gasteiger partial charge is 0.382 e. The Balaban J connectivity index is 2.01. The fourth-order valence-electron chi connectivity index (χ4n) is 2.20. The molecule has 0 bridgehead atoms. The average Bonchev–Trinajstić information content (AvgIpc) is 2.52. The van der Waals surface area contributed by atoms with Crippen molar-refractivity contribution in [3.8, 4) is 0 Å². The van der Waals surface area contributed by atoms with E-state index in [1.165, 1.54) is 0 Å². The molecule has 0 atom stereocenters. The second-order valence-electron chi connectivity index (χ2n) is 5.03. The lowest BCUT2D eigenvalue weighted by Crippen LogP contribution is -2.24. The zero-order valence-electron chi connectivity index (χ0n) is 12.5. The van der Waals surface area contributed by atoms with Gasteiger partial charge in [0.2, 0.25) is 5.62 Å². The molecule has 0 unspecified atom stereocenters. The molecule has 0 aliphatic rings. The molecule has 3 rings (SSSR count). The minimum atomic E-state index is 0.0638. The Labute approximate surface area is 127 Å². The lowest BCUT2D eigenvalue weighted by atomic mass is 10.2. The number of hydrogen-bond donors (Lipinski definition) is 3. The number of nitrogens with zero attached hydrogens (tertiary/aromatic N) is 4. The Bertz CT molecular complexity index is 884. The Morgan fingerprint density at radius 2 is 1.91 bits per heavy atom. The van der Waals surface area contributed by atoms with Crippen molar-refractivity contribution in [2.24, 2.45) is 7.05 Å². The van der Waals surface area contributed by atoms with Crippen LogP contribution < -0.4 is 16.7 Å². The van der Waals surface area contributed by atoms with E-state index in [-0.39, 0.29) is 11.4 Å². The van der Waals surface area contributed by atoms with Crippen LogP contribution in [0.4, 0.5) is 11.5 Å². The molecule has 7 nitrogen and oxygen atoms in total. The molecule has 0 amide bonds. The Hall–Kier alpha value is -2.96. The van der Waals surface area contributed by atoms with E-state index in [2.05, 4.69) is 20.3 Å². The van der Waals surface area contributed by atoms with Gasteiger partial charge in [-0.2, -0.15) is 4.98 Å². The Kier molecular flexibility index (Phi) is 3.46. The second-order valence-corrected chi connectivity index (χ2v) is 5.03. The molecule has 22 heavy (non-hydrogen) atoms. The predicted molar refractivity (Wildman–Crippen MR) is 85.1 cm³/mol. The molecule has 7 heteroatoms. The van der Waals surface area contributed by atoms with Crippen LogP contribution in [0.15, 0.2) is 30.3 Å². The first kappa shape index (κ1) is 14.0. The van der Waals surface area contributed by atoms with Crippen LogP contribution in [0.3, 0.4) is 0 Å². The molecule has 0 fully saturated rings.